The quantitative estimate of drug-likeness (QED) is 0.679. The van der Waals surface area contributed by atoms with Gasteiger partial charge in [0.05, 0.1) is 15.6 Å². The van der Waals surface area contributed by atoms with Gasteiger partial charge in [0.15, 0.2) is 0 Å². The Morgan fingerprint density at radius 3 is 2.67 bits per heavy atom. The summed E-state index contributed by atoms with van der Waals surface area (Å²) in [6, 6.07) is 0. The van der Waals surface area contributed by atoms with Crippen LogP contribution < -0.4 is 0 Å². The Balaban J connectivity index is 3.08. The van der Waals surface area contributed by atoms with Gasteiger partial charge < -0.3 is 0 Å². The Morgan fingerprint density at radius 1 is 1.50 bits per heavy atom. The summed E-state index contributed by atoms with van der Waals surface area (Å²) < 4.78 is 0. The van der Waals surface area contributed by atoms with Gasteiger partial charge in [-0.25, -0.2) is 4.98 Å². The smallest absolute Gasteiger partial charge is 0.0903 e. The molecule has 0 aliphatic carbocycles. The van der Waals surface area contributed by atoms with Crippen LogP contribution in [0.25, 0.3) is 6.08 Å². The molecule has 65 valence electrons. The summed E-state index contributed by atoms with van der Waals surface area (Å²) in [5, 5.41) is 1.13. The molecule has 1 nitrogen and oxygen atoms in total. The fourth-order valence-corrected chi connectivity index (χ4v) is 2.11. The molecule has 0 atom stereocenters. The van der Waals surface area contributed by atoms with Crippen LogP contribution in [-0.2, 0) is 0 Å². The van der Waals surface area contributed by atoms with Crippen LogP contribution in [0.3, 0.4) is 0 Å². The number of aryl methyl sites for hydroxylation is 1. The zero-order valence-corrected chi connectivity index (χ0v) is 8.61. The summed E-state index contributed by atoms with van der Waals surface area (Å²) in [6.07, 6.45) is 3.85. The van der Waals surface area contributed by atoms with Gasteiger partial charge in [0.2, 0.25) is 0 Å². The van der Waals surface area contributed by atoms with E-state index in [1.165, 1.54) is 10.6 Å². The van der Waals surface area contributed by atoms with Gasteiger partial charge in [-0.2, -0.15) is 0 Å². The van der Waals surface area contributed by atoms with Gasteiger partial charge in [0, 0.05) is 0 Å². The number of thiazole rings is 1. The van der Waals surface area contributed by atoms with Crippen molar-refractivity contribution in [3.8, 4) is 0 Å². The van der Waals surface area contributed by atoms with Crippen LogP contribution in [0.4, 0.5) is 0 Å². The minimum atomic E-state index is 0.501. The molecular weight excluding hydrogens is 166 g/mol. The first-order valence-corrected chi connectivity index (χ1v) is 4.90. The van der Waals surface area contributed by atoms with E-state index in [2.05, 4.69) is 25.8 Å². The molecule has 0 N–H and O–H groups in total. The summed E-state index contributed by atoms with van der Waals surface area (Å²) in [5.74, 6) is 0.501. The number of allylic oxidation sites excluding steroid dienone is 1. The first-order valence-electron chi connectivity index (χ1n) is 4.08. The topological polar surface area (TPSA) is 12.9 Å². The summed E-state index contributed by atoms with van der Waals surface area (Å²) in [4.78, 5) is 5.72. The monoisotopic (exact) mass is 180 g/mol. The Kier molecular flexibility index (Phi) is 3.04. The van der Waals surface area contributed by atoms with E-state index in [1.807, 2.05) is 19.1 Å². The molecule has 1 radical (unpaired) electrons. The summed E-state index contributed by atoms with van der Waals surface area (Å²) in [7, 11) is 0. The molecule has 0 aliphatic heterocycles. The van der Waals surface area contributed by atoms with E-state index in [1.54, 1.807) is 11.3 Å². The lowest BCUT2D eigenvalue weighted by atomic mass is 10.1. The van der Waals surface area contributed by atoms with E-state index in [0.29, 0.717) is 5.92 Å². The van der Waals surface area contributed by atoms with Gasteiger partial charge in [-0.05, 0) is 25.8 Å². The van der Waals surface area contributed by atoms with Crippen molar-refractivity contribution in [2.24, 2.45) is 0 Å². The Morgan fingerprint density at radius 2 is 2.17 bits per heavy atom. The predicted octanol–water partition coefficient (Wildman–Crippen LogP) is 3.42. The maximum atomic E-state index is 4.47. The molecule has 0 unspecified atom stereocenters. The first-order chi connectivity index (χ1) is 5.65. The van der Waals surface area contributed by atoms with Crippen LogP contribution in [0.1, 0.15) is 35.3 Å². The SMILES string of the molecule is [CH2]/C=C/c1sc(C)nc1C(C)C. The molecular formula is C10H14NS. The number of hydrogen-bond acceptors (Lipinski definition) is 2. The average molecular weight is 180 g/mol. The van der Waals surface area contributed by atoms with Crippen molar-refractivity contribution in [2.45, 2.75) is 26.7 Å². The van der Waals surface area contributed by atoms with Gasteiger partial charge in [-0.3, -0.25) is 0 Å². The van der Waals surface area contributed by atoms with Crippen LogP contribution in [0, 0.1) is 13.8 Å². The van der Waals surface area contributed by atoms with Crippen LogP contribution in [0.2, 0.25) is 0 Å². The van der Waals surface area contributed by atoms with Crippen LogP contribution >= 0.6 is 11.3 Å². The molecule has 0 aliphatic rings. The minimum absolute atomic E-state index is 0.501. The van der Waals surface area contributed by atoms with Crippen LogP contribution in [0.15, 0.2) is 6.08 Å². The highest BCUT2D eigenvalue weighted by Crippen LogP contribution is 2.25. The number of nitrogens with zero attached hydrogens (tertiary/aromatic N) is 1. The van der Waals surface area contributed by atoms with Crippen molar-refractivity contribution in [3.63, 3.8) is 0 Å². The van der Waals surface area contributed by atoms with Crippen molar-refractivity contribution in [1.82, 2.24) is 4.98 Å². The molecule has 0 saturated heterocycles. The molecule has 1 aromatic heterocycles. The van der Waals surface area contributed by atoms with E-state index < -0.39 is 0 Å². The van der Waals surface area contributed by atoms with E-state index in [-0.39, 0.29) is 0 Å². The lowest BCUT2D eigenvalue weighted by Crippen LogP contribution is -1.89. The number of rotatable bonds is 2. The Bertz CT molecular complexity index is 284. The highest BCUT2D eigenvalue weighted by Gasteiger charge is 2.09. The standard InChI is InChI=1S/C10H14NS/c1-5-6-9-10(7(2)3)11-8(4)12-9/h5-7H,1H2,2-4H3/b6-5+. The maximum absolute atomic E-state index is 4.47. The predicted molar refractivity (Wildman–Crippen MR) is 55.3 cm³/mol. The molecule has 1 aromatic rings. The second-order valence-electron chi connectivity index (χ2n) is 3.04. The molecule has 0 amide bonds. The van der Waals surface area contributed by atoms with Gasteiger partial charge in [-0.15, -0.1) is 11.3 Å². The normalized spacial score (nSPS) is 11.8. The molecule has 1 heterocycles. The summed E-state index contributed by atoms with van der Waals surface area (Å²) in [5.41, 5.74) is 1.19. The van der Waals surface area contributed by atoms with Crippen molar-refractivity contribution in [1.29, 1.82) is 0 Å². The van der Waals surface area contributed by atoms with Gasteiger partial charge >= 0.3 is 0 Å². The molecule has 2 heteroatoms. The summed E-state index contributed by atoms with van der Waals surface area (Å²) in [6.45, 7) is 10.1. The first kappa shape index (κ1) is 9.46. The molecule has 0 bridgehead atoms. The highest BCUT2D eigenvalue weighted by molar-refractivity contribution is 7.12. The van der Waals surface area contributed by atoms with E-state index in [4.69, 9.17) is 0 Å². The lowest BCUT2D eigenvalue weighted by Gasteiger charge is -2.00. The minimum Gasteiger partial charge on any atom is -0.246 e. The second kappa shape index (κ2) is 3.85. The Hall–Kier alpha value is -0.630. The third-order valence-corrected chi connectivity index (χ3v) is 2.56. The lowest BCUT2D eigenvalue weighted by molar-refractivity contribution is 0.826. The maximum Gasteiger partial charge on any atom is 0.0903 e. The molecule has 12 heavy (non-hydrogen) atoms. The largest absolute Gasteiger partial charge is 0.246 e. The van der Waals surface area contributed by atoms with E-state index >= 15 is 0 Å². The molecule has 0 saturated carbocycles. The number of aromatic nitrogens is 1. The molecule has 0 aromatic carbocycles. The molecule has 1 rings (SSSR count). The van der Waals surface area contributed by atoms with E-state index in [9.17, 15) is 0 Å². The third-order valence-electron chi connectivity index (χ3n) is 1.60. The average Bonchev–Trinajstić information content (AvgIpc) is 2.32. The fraction of sp³-hybridized carbons (Fsp3) is 0.400. The van der Waals surface area contributed by atoms with Gasteiger partial charge in [-0.1, -0.05) is 19.9 Å². The van der Waals surface area contributed by atoms with Crippen molar-refractivity contribution in [3.05, 3.63) is 28.6 Å². The zero-order valence-electron chi connectivity index (χ0n) is 7.79. The van der Waals surface area contributed by atoms with Crippen LogP contribution in [0.5, 0.6) is 0 Å². The van der Waals surface area contributed by atoms with E-state index in [0.717, 1.165) is 5.01 Å². The Labute approximate surface area is 78.2 Å². The van der Waals surface area contributed by atoms with Crippen molar-refractivity contribution in [2.75, 3.05) is 0 Å². The number of hydrogen-bond donors (Lipinski definition) is 0. The van der Waals surface area contributed by atoms with Crippen molar-refractivity contribution < 1.29 is 0 Å². The fourth-order valence-electron chi connectivity index (χ4n) is 1.10. The second-order valence-corrected chi connectivity index (χ2v) is 4.27. The summed E-state index contributed by atoms with van der Waals surface area (Å²) >= 11 is 1.73. The third kappa shape index (κ3) is 1.95. The van der Waals surface area contributed by atoms with Crippen molar-refractivity contribution >= 4 is 17.4 Å². The van der Waals surface area contributed by atoms with Crippen LogP contribution in [-0.4, -0.2) is 4.98 Å². The zero-order chi connectivity index (χ0) is 9.14. The molecule has 0 spiro atoms. The van der Waals surface area contributed by atoms with Gasteiger partial charge in [0.1, 0.15) is 0 Å². The highest BCUT2D eigenvalue weighted by atomic mass is 32.1. The molecule has 0 fully saturated rings. The van der Waals surface area contributed by atoms with Gasteiger partial charge in [0.25, 0.3) is 0 Å².